The molecule has 0 radical (unpaired) electrons. The SMILES string of the molecule is COC1CC(N2CCC(=O)NC(CC(C)C)C2=O)C1. The molecule has 1 unspecified atom stereocenters. The highest BCUT2D eigenvalue weighted by Gasteiger charge is 2.40. The molecule has 0 aromatic rings. The van der Waals surface area contributed by atoms with E-state index in [4.69, 9.17) is 4.74 Å². The number of hydrogen-bond acceptors (Lipinski definition) is 3. The van der Waals surface area contributed by atoms with Crippen LogP contribution in [-0.2, 0) is 14.3 Å². The molecule has 0 spiro atoms. The van der Waals surface area contributed by atoms with Gasteiger partial charge in [0, 0.05) is 26.1 Å². The maximum Gasteiger partial charge on any atom is 0.245 e. The van der Waals surface area contributed by atoms with Crippen LogP contribution in [0.2, 0.25) is 0 Å². The van der Waals surface area contributed by atoms with Crippen molar-refractivity contribution in [1.82, 2.24) is 10.2 Å². The Balaban J connectivity index is 2.02. The number of amides is 2. The third kappa shape index (κ3) is 3.26. The second-order valence-corrected chi connectivity index (χ2v) is 6.01. The fourth-order valence-electron chi connectivity index (χ4n) is 2.84. The summed E-state index contributed by atoms with van der Waals surface area (Å²) in [7, 11) is 1.71. The molecule has 0 bridgehead atoms. The van der Waals surface area contributed by atoms with Gasteiger partial charge in [-0.3, -0.25) is 9.59 Å². The third-order valence-corrected chi connectivity index (χ3v) is 4.05. The highest BCUT2D eigenvalue weighted by Crippen LogP contribution is 2.29. The van der Waals surface area contributed by atoms with E-state index in [1.54, 1.807) is 7.11 Å². The van der Waals surface area contributed by atoms with E-state index in [1.807, 2.05) is 4.90 Å². The van der Waals surface area contributed by atoms with Crippen molar-refractivity contribution < 1.29 is 14.3 Å². The summed E-state index contributed by atoms with van der Waals surface area (Å²) in [5, 5.41) is 2.86. The van der Waals surface area contributed by atoms with Gasteiger partial charge in [0.2, 0.25) is 11.8 Å². The summed E-state index contributed by atoms with van der Waals surface area (Å²) >= 11 is 0. The second kappa shape index (κ2) is 5.90. The summed E-state index contributed by atoms with van der Waals surface area (Å²) in [4.78, 5) is 26.1. The van der Waals surface area contributed by atoms with Gasteiger partial charge in [-0.15, -0.1) is 0 Å². The zero-order valence-corrected chi connectivity index (χ0v) is 12.0. The van der Waals surface area contributed by atoms with Crippen molar-refractivity contribution in [3.63, 3.8) is 0 Å². The average molecular weight is 268 g/mol. The lowest BCUT2D eigenvalue weighted by Crippen LogP contribution is -2.54. The van der Waals surface area contributed by atoms with E-state index < -0.39 is 0 Å². The minimum Gasteiger partial charge on any atom is -0.381 e. The van der Waals surface area contributed by atoms with Crippen LogP contribution < -0.4 is 5.32 Å². The molecular formula is C14H24N2O3. The number of carbonyl (C=O) groups excluding carboxylic acids is 2. The van der Waals surface area contributed by atoms with Crippen molar-refractivity contribution in [2.45, 2.75) is 57.7 Å². The van der Waals surface area contributed by atoms with Gasteiger partial charge in [0.1, 0.15) is 6.04 Å². The first-order chi connectivity index (χ1) is 9.01. The third-order valence-electron chi connectivity index (χ3n) is 4.05. The molecule has 1 saturated heterocycles. The topological polar surface area (TPSA) is 58.6 Å². The van der Waals surface area contributed by atoms with Crippen LogP contribution in [-0.4, -0.2) is 48.6 Å². The molecule has 1 aliphatic carbocycles. The number of ether oxygens (including phenoxy) is 1. The molecule has 108 valence electrons. The lowest BCUT2D eigenvalue weighted by molar-refractivity contribution is -0.140. The summed E-state index contributed by atoms with van der Waals surface area (Å²) in [5.41, 5.74) is 0. The lowest BCUT2D eigenvalue weighted by atomic mass is 9.87. The molecule has 1 N–H and O–H groups in total. The van der Waals surface area contributed by atoms with E-state index in [-0.39, 0.29) is 30.0 Å². The van der Waals surface area contributed by atoms with Gasteiger partial charge in [-0.1, -0.05) is 13.8 Å². The van der Waals surface area contributed by atoms with Crippen LogP contribution in [0.25, 0.3) is 0 Å². The van der Waals surface area contributed by atoms with Crippen LogP contribution in [0.1, 0.15) is 39.5 Å². The average Bonchev–Trinajstić information content (AvgIpc) is 2.40. The van der Waals surface area contributed by atoms with Gasteiger partial charge in [-0.25, -0.2) is 0 Å². The van der Waals surface area contributed by atoms with Gasteiger partial charge in [0.05, 0.1) is 6.10 Å². The maximum absolute atomic E-state index is 12.5. The first-order valence-corrected chi connectivity index (χ1v) is 7.14. The Bertz CT molecular complexity index is 351. The Hall–Kier alpha value is -1.10. The molecule has 5 heteroatoms. The smallest absolute Gasteiger partial charge is 0.245 e. The first-order valence-electron chi connectivity index (χ1n) is 7.14. The van der Waals surface area contributed by atoms with Gasteiger partial charge in [0.15, 0.2) is 0 Å². The van der Waals surface area contributed by atoms with Crippen molar-refractivity contribution in [3.05, 3.63) is 0 Å². The monoisotopic (exact) mass is 268 g/mol. The number of nitrogens with zero attached hydrogens (tertiary/aromatic N) is 1. The predicted octanol–water partition coefficient (Wildman–Crippen LogP) is 0.927. The molecule has 19 heavy (non-hydrogen) atoms. The molecule has 5 nitrogen and oxygen atoms in total. The first kappa shape index (κ1) is 14.3. The molecule has 1 saturated carbocycles. The molecule has 0 aromatic heterocycles. The van der Waals surface area contributed by atoms with E-state index in [1.165, 1.54) is 0 Å². The van der Waals surface area contributed by atoms with E-state index in [0.29, 0.717) is 25.3 Å². The van der Waals surface area contributed by atoms with Gasteiger partial charge in [-0.2, -0.15) is 0 Å². The van der Waals surface area contributed by atoms with Crippen LogP contribution in [0, 0.1) is 5.92 Å². The zero-order valence-electron chi connectivity index (χ0n) is 12.0. The van der Waals surface area contributed by atoms with Gasteiger partial charge in [0.25, 0.3) is 0 Å². The molecule has 2 rings (SSSR count). The van der Waals surface area contributed by atoms with Crippen LogP contribution in [0.3, 0.4) is 0 Å². The summed E-state index contributed by atoms with van der Waals surface area (Å²) in [6, 6.07) is -0.101. The molecule has 2 aliphatic rings. The summed E-state index contributed by atoms with van der Waals surface area (Å²) in [5.74, 6) is 0.463. The number of carbonyl (C=O) groups is 2. The molecular weight excluding hydrogens is 244 g/mol. The highest BCUT2D eigenvalue weighted by molar-refractivity contribution is 5.90. The minimum atomic E-state index is -0.350. The predicted molar refractivity (Wildman–Crippen MR) is 71.5 cm³/mol. The van der Waals surface area contributed by atoms with Crippen LogP contribution in [0.15, 0.2) is 0 Å². The fraction of sp³-hybridized carbons (Fsp3) is 0.857. The zero-order chi connectivity index (χ0) is 14.0. The van der Waals surface area contributed by atoms with Crippen LogP contribution >= 0.6 is 0 Å². The van der Waals surface area contributed by atoms with Gasteiger partial charge >= 0.3 is 0 Å². The number of rotatable bonds is 4. The van der Waals surface area contributed by atoms with E-state index in [0.717, 1.165) is 12.8 Å². The van der Waals surface area contributed by atoms with Gasteiger partial charge in [-0.05, 0) is 25.2 Å². The minimum absolute atomic E-state index is 0.0101. The number of methoxy groups -OCH3 is 1. The molecule has 0 aromatic carbocycles. The Morgan fingerprint density at radius 2 is 2.05 bits per heavy atom. The fourth-order valence-corrected chi connectivity index (χ4v) is 2.84. The number of nitrogens with one attached hydrogen (secondary N) is 1. The normalized spacial score (nSPS) is 32.0. The molecule has 2 amide bonds. The standard InChI is InChI=1S/C14H24N2O3/c1-9(2)6-12-14(18)16(5-4-13(17)15-12)10-7-11(8-10)19-3/h9-12H,4-8H2,1-3H3,(H,15,17). The van der Waals surface area contributed by atoms with Crippen molar-refractivity contribution in [1.29, 1.82) is 0 Å². The van der Waals surface area contributed by atoms with Crippen LogP contribution in [0.5, 0.6) is 0 Å². The van der Waals surface area contributed by atoms with Crippen molar-refractivity contribution in [2.75, 3.05) is 13.7 Å². The molecule has 1 atom stereocenters. The Kier molecular flexibility index (Phi) is 4.45. The van der Waals surface area contributed by atoms with Crippen molar-refractivity contribution >= 4 is 11.8 Å². The van der Waals surface area contributed by atoms with Crippen molar-refractivity contribution in [2.24, 2.45) is 5.92 Å². The summed E-state index contributed by atoms with van der Waals surface area (Å²) in [6.07, 6.45) is 3.18. The van der Waals surface area contributed by atoms with Gasteiger partial charge < -0.3 is 15.0 Å². The summed E-state index contributed by atoms with van der Waals surface area (Å²) in [6.45, 7) is 4.68. The Morgan fingerprint density at radius 1 is 1.37 bits per heavy atom. The van der Waals surface area contributed by atoms with Crippen molar-refractivity contribution in [3.8, 4) is 0 Å². The quantitative estimate of drug-likeness (QED) is 0.825. The molecule has 1 aliphatic heterocycles. The largest absolute Gasteiger partial charge is 0.381 e. The second-order valence-electron chi connectivity index (χ2n) is 6.01. The van der Waals surface area contributed by atoms with E-state index >= 15 is 0 Å². The molecule has 2 fully saturated rings. The lowest BCUT2D eigenvalue weighted by Gasteiger charge is -2.42. The Morgan fingerprint density at radius 3 is 2.63 bits per heavy atom. The van der Waals surface area contributed by atoms with E-state index in [2.05, 4.69) is 19.2 Å². The molecule has 1 heterocycles. The Labute approximate surface area is 114 Å². The van der Waals surface area contributed by atoms with E-state index in [9.17, 15) is 9.59 Å². The highest BCUT2D eigenvalue weighted by atomic mass is 16.5. The maximum atomic E-state index is 12.5. The summed E-state index contributed by atoms with van der Waals surface area (Å²) < 4.78 is 5.27. The van der Waals surface area contributed by atoms with Crippen LogP contribution in [0.4, 0.5) is 0 Å². The number of hydrogen-bond donors (Lipinski definition) is 1.